The quantitative estimate of drug-likeness (QED) is 0.771. The first-order chi connectivity index (χ1) is 9.22. The Balaban J connectivity index is 3.11. The Morgan fingerprint density at radius 3 is 2.35 bits per heavy atom. The maximum atomic E-state index is 12.0. The van der Waals surface area contributed by atoms with E-state index in [2.05, 4.69) is 4.72 Å². The van der Waals surface area contributed by atoms with Crippen molar-refractivity contribution in [2.75, 3.05) is 22.1 Å². The van der Waals surface area contributed by atoms with Crippen LogP contribution in [0, 0.1) is 5.92 Å². The maximum absolute atomic E-state index is 12.0. The van der Waals surface area contributed by atoms with Gasteiger partial charge in [0.15, 0.2) is 9.84 Å². The summed E-state index contributed by atoms with van der Waals surface area (Å²) >= 11 is 5.60. The summed E-state index contributed by atoms with van der Waals surface area (Å²) in [5.41, 5.74) is 0.0797. The number of halogens is 1. The average molecular weight is 340 g/mol. The number of benzene rings is 1. The molecule has 0 saturated carbocycles. The summed E-state index contributed by atoms with van der Waals surface area (Å²) in [7, 11) is -7.12. The third-order valence-corrected chi connectivity index (χ3v) is 6.49. The molecule has 0 aliphatic carbocycles. The molecule has 1 aromatic rings. The molecule has 0 spiro atoms. The van der Waals surface area contributed by atoms with Crippen molar-refractivity contribution in [2.45, 2.75) is 18.7 Å². The number of anilines is 1. The molecule has 8 heteroatoms. The van der Waals surface area contributed by atoms with E-state index in [0.717, 1.165) is 0 Å². The number of hydrogen-bond acceptors (Lipinski definition) is 4. The zero-order valence-electron chi connectivity index (χ0n) is 11.3. The van der Waals surface area contributed by atoms with Crippen LogP contribution in [-0.4, -0.2) is 34.2 Å². The Morgan fingerprint density at radius 1 is 1.20 bits per heavy atom. The van der Waals surface area contributed by atoms with E-state index in [-0.39, 0.29) is 33.9 Å². The van der Waals surface area contributed by atoms with Crippen LogP contribution in [0.15, 0.2) is 29.2 Å². The molecule has 1 rings (SSSR count). The van der Waals surface area contributed by atoms with Gasteiger partial charge in [-0.1, -0.05) is 26.0 Å². The van der Waals surface area contributed by atoms with E-state index >= 15 is 0 Å². The minimum Gasteiger partial charge on any atom is -0.282 e. The lowest BCUT2D eigenvalue weighted by Gasteiger charge is -2.14. The van der Waals surface area contributed by atoms with Crippen LogP contribution in [0.25, 0.3) is 0 Å². The van der Waals surface area contributed by atoms with Gasteiger partial charge >= 0.3 is 0 Å². The zero-order valence-corrected chi connectivity index (χ0v) is 13.7. The highest BCUT2D eigenvalue weighted by Crippen LogP contribution is 2.23. The molecule has 0 aromatic heterocycles. The lowest BCUT2D eigenvalue weighted by molar-refractivity contribution is 0.588. The molecule has 0 saturated heterocycles. The molecule has 0 aliphatic heterocycles. The predicted octanol–water partition coefficient (Wildman–Crippen LogP) is 2.10. The van der Waals surface area contributed by atoms with Crippen molar-refractivity contribution in [3.63, 3.8) is 0 Å². The van der Waals surface area contributed by atoms with Crippen molar-refractivity contribution in [1.29, 1.82) is 0 Å². The summed E-state index contributed by atoms with van der Waals surface area (Å²) in [6, 6.07) is 5.96. The van der Waals surface area contributed by atoms with E-state index in [1.807, 2.05) is 0 Å². The Labute approximate surface area is 125 Å². The normalized spacial score (nSPS) is 13.9. The first-order valence-electron chi connectivity index (χ1n) is 6.10. The first-order valence-corrected chi connectivity index (χ1v) is 9.94. The molecule has 20 heavy (non-hydrogen) atoms. The van der Waals surface area contributed by atoms with Crippen LogP contribution in [0.1, 0.15) is 13.8 Å². The van der Waals surface area contributed by atoms with Crippen molar-refractivity contribution < 1.29 is 16.8 Å². The average Bonchev–Trinajstić information content (AvgIpc) is 2.38. The first kappa shape index (κ1) is 17.3. The molecule has 0 fully saturated rings. The Bertz CT molecular complexity index is 656. The van der Waals surface area contributed by atoms with E-state index < -0.39 is 19.9 Å². The predicted molar refractivity (Wildman–Crippen MR) is 81.5 cm³/mol. The monoisotopic (exact) mass is 339 g/mol. The molecule has 5 nitrogen and oxygen atoms in total. The molecule has 1 atom stereocenters. The lowest BCUT2D eigenvalue weighted by Crippen LogP contribution is -2.23. The van der Waals surface area contributed by atoms with Gasteiger partial charge in [0.05, 0.1) is 22.1 Å². The molecular formula is C12H18ClNO4S2. The van der Waals surface area contributed by atoms with Crippen LogP contribution in [0.5, 0.6) is 0 Å². The molecule has 1 aromatic carbocycles. The fourth-order valence-corrected chi connectivity index (χ4v) is 4.42. The minimum absolute atomic E-state index is 0.00963. The Kier molecular flexibility index (Phi) is 5.85. The molecule has 0 amide bonds. The zero-order chi connectivity index (χ0) is 15.4. The molecule has 1 unspecified atom stereocenters. The highest BCUT2D eigenvalue weighted by molar-refractivity contribution is 7.93. The van der Waals surface area contributed by atoms with E-state index in [9.17, 15) is 16.8 Å². The van der Waals surface area contributed by atoms with E-state index in [1.54, 1.807) is 19.1 Å². The van der Waals surface area contributed by atoms with Crippen molar-refractivity contribution >= 4 is 37.1 Å². The second kappa shape index (κ2) is 6.78. The number of hydrogen-bond donors (Lipinski definition) is 1. The molecule has 114 valence electrons. The summed E-state index contributed by atoms with van der Waals surface area (Å²) in [6.45, 7) is 3.22. The largest absolute Gasteiger partial charge is 0.282 e. The van der Waals surface area contributed by atoms with Gasteiger partial charge in [-0.05, 0) is 18.1 Å². The summed E-state index contributed by atoms with van der Waals surface area (Å²) in [5.74, 6) is -0.250. The van der Waals surface area contributed by atoms with Gasteiger partial charge in [-0.2, -0.15) is 0 Å². The van der Waals surface area contributed by atoms with Gasteiger partial charge < -0.3 is 0 Å². The van der Waals surface area contributed by atoms with Crippen LogP contribution < -0.4 is 4.72 Å². The number of para-hydroxylation sites is 1. The summed E-state index contributed by atoms with van der Waals surface area (Å²) in [6.07, 6.45) is 0. The van der Waals surface area contributed by atoms with Crippen LogP contribution in [0.3, 0.4) is 0 Å². The van der Waals surface area contributed by atoms with E-state index in [4.69, 9.17) is 11.6 Å². The summed E-state index contributed by atoms with van der Waals surface area (Å²) < 4.78 is 50.1. The van der Waals surface area contributed by atoms with Crippen molar-refractivity contribution in [3.8, 4) is 0 Å². The van der Waals surface area contributed by atoms with Crippen LogP contribution in [-0.2, 0) is 19.9 Å². The molecule has 0 aliphatic rings. The number of sulfonamides is 1. The Morgan fingerprint density at radius 2 is 1.80 bits per heavy atom. The third-order valence-electron chi connectivity index (χ3n) is 2.63. The van der Waals surface area contributed by atoms with E-state index in [0.29, 0.717) is 0 Å². The van der Waals surface area contributed by atoms with Gasteiger partial charge in [0.1, 0.15) is 0 Å². The smallest absolute Gasteiger partial charge is 0.233 e. The SMILES string of the molecule is CCS(=O)(=O)c1ccccc1NS(=O)(=O)CC(C)CCl. The van der Waals surface area contributed by atoms with Crippen LogP contribution >= 0.6 is 11.6 Å². The van der Waals surface area contributed by atoms with Gasteiger partial charge in [0, 0.05) is 5.88 Å². The highest BCUT2D eigenvalue weighted by Gasteiger charge is 2.21. The topological polar surface area (TPSA) is 80.3 Å². The minimum atomic E-state index is -3.64. The van der Waals surface area contributed by atoms with Crippen molar-refractivity contribution in [2.24, 2.45) is 5.92 Å². The maximum Gasteiger partial charge on any atom is 0.233 e. The summed E-state index contributed by atoms with van der Waals surface area (Å²) in [5, 5.41) is 0. The molecule has 0 bridgehead atoms. The van der Waals surface area contributed by atoms with Gasteiger partial charge in [-0.25, -0.2) is 16.8 Å². The highest BCUT2D eigenvalue weighted by atomic mass is 35.5. The molecule has 0 radical (unpaired) electrons. The standard InChI is InChI=1S/C12H18ClNO4S2/c1-3-19(15,16)12-7-5-4-6-11(12)14-20(17,18)9-10(2)8-13/h4-7,10,14H,3,8-9H2,1-2H3. The molecule has 0 heterocycles. The summed E-state index contributed by atoms with van der Waals surface area (Å²) in [4.78, 5) is -0.00963. The van der Waals surface area contributed by atoms with Crippen LogP contribution in [0.2, 0.25) is 0 Å². The third kappa shape index (κ3) is 4.64. The van der Waals surface area contributed by atoms with Gasteiger partial charge in [0.25, 0.3) is 0 Å². The fraction of sp³-hybridized carbons (Fsp3) is 0.500. The second-order valence-corrected chi connectivity index (χ2v) is 8.86. The Hall–Kier alpha value is -0.790. The van der Waals surface area contributed by atoms with Crippen LogP contribution in [0.4, 0.5) is 5.69 Å². The van der Waals surface area contributed by atoms with Gasteiger partial charge in [-0.3, -0.25) is 4.72 Å². The van der Waals surface area contributed by atoms with Crippen molar-refractivity contribution in [1.82, 2.24) is 0 Å². The number of rotatable bonds is 7. The molecule has 1 N–H and O–H groups in total. The van der Waals surface area contributed by atoms with Gasteiger partial charge in [-0.15, -0.1) is 11.6 Å². The van der Waals surface area contributed by atoms with E-state index in [1.165, 1.54) is 19.1 Å². The second-order valence-electron chi connectivity index (χ2n) is 4.54. The molecular weight excluding hydrogens is 322 g/mol. The lowest BCUT2D eigenvalue weighted by atomic mass is 10.3. The van der Waals surface area contributed by atoms with Crippen molar-refractivity contribution in [3.05, 3.63) is 24.3 Å². The fourth-order valence-electron chi connectivity index (χ4n) is 1.61. The number of sulfone groups is 1. The number of nitrogens with one attached hydrogen (secondary N) is 1. The van der Waals surface area contributed by atoms with Gasteiger partial charge in [0.2, 0.25) is 10.0 Å². The number of alkyl halides is 1.